The lowest BCUT2D eigenvalue weighted by molar-refractivity contribution is 0.102. The number of amides is 1. The number of fused-ring (bicyclic) bond motifs is 1. The van der Waals surface area contributed by atoms with Gasteiger partial charge in [0.1, 0.15) is 0 Å². The van der Waals surface area contributed by atoms with E-state index in [2.05, 4.69) is 52.8 Å². The molecule has 1 aliphatic rings. The molecular weight excluding hydrogens is 470 g/mol. The zero-order chi connectivity index (χ0) is 26.6. The number of anilines is 3. The van der Waals surface area contributed by atoms with E-state index in [1.165, 1.54) is 5.56 Å². The minimum Gasteiger partial charge on any atom is -0.324 e. The molecule has 3 aromatic carbocycles. The van der Waals surface area contributed by atoms with Gasteiger partial charge in [0.25, 0.3) is 5.91 Å². The smallest absolute Gasteiger partial charge is 0.255 e. The fraction of sp³-hybridized carbons (Fsp3) is 0.219. The van der Waals surface area contributed by atoms with Crippen LogP contribution < -0.4 is 21.2 Å². The zero-order valence-corrected chi connectivity index (χ0v) is 22.3. The van der Waals surface area contributed by atoms with Gasteiger partial charge < -0.3 is 15.5 Å². The normalized spacial score (nSPS) is 14.3. The molecule has 0 radical (unpaired) electrons. The van der Waals surface area contributed by atoms with Crippen molar-refractivity contribution in [3.8, 4) is 11.3 Å². The first-order valence-corrected chi connectivity index (χ1v) is 12.9. The Bertz CT molecular complexity index is 1580. The van der Waals surface area contributed by atoms with Crippen LogP contribution in [0.4, 0.5) is 17.3 Å². The quantitative estimate of drug-likeness (QED) is 0.367. The molecule has 2 N–H and O–H groups in total. The Balaban J connectivity index is 1.37. The van der Waals surface area contributed by atoms with Crippen LogP contribution in [0.5, 0.6) is 0 Å². The topological polar surface area (TPSA) is 70.2 Å². The van der Waals surface area contributed by atoms with E-state index in [9.17, 15) is 4.79 Å². The van der Waals surface area contributed by atoms with Gasteiger partial charge in [-0.1, -0.05) is 61.5 Å². The molecule has 0 saturated carbocycles. The predicted molar refractivity (Wildman–Crippen MR) is 156 cm³/mol. The highest BCUT2D eigenvalue weighted by molar-refractivity contribution is 6.04. The molecule has 1 heterocycles. The minimum atomic E-state index is -0.142. The molecule has 0 fully saturated rings. The number of hydrogen-bond donors (Lipinski definition) is 2. The van der Waals surface area contributed by atoms with E-state index in [0.717, 1.165) is 51.7 Å². The Morgan fingerprint density at radius 2 is 1.74 bits per heavy atom. The summed E-state index contributed by atoms with van der Waals surface area (Å²) in [6, 6.07) is 23.6. The molecule has 0 aliphatic heterocycles. The van der Waals surface area contributed by atoms with Crippen LogP contribution in [0.15, 0.2) is 72.8 Å². The maximum Gasteiger partial charge on any atom is 0.255 e. The predicted octanol–water partition coefficient (Wildman–Crippen LogP) is 5.11. The van der Waals surface area contributed by atoms with E-state index in [0.29, 0.717) is 17.4 Å². The summed E-state index contributed by atoms with van der Waals surface area (Å²) in [7, 11) is 4.07. The van der Waals surface area contributed by atoms with Crippen LogP contribution in [0.2, 0.25) is 0 Å². The molecule has 1 atom stereocenters. The summed E-state index contributed by atoms with van der Waals surface area (Å²) in [4.78, 5) is 24.8. The lowest BCUT2D eigenvalue weighted by Gasteiger charge is -2.16. The van der Waals surface area contributed by atoms with E-state index < -0.39 is 0 Å². The highest BCUT2D eigenvalue weighted by Crippen LogP contribution is 2.22. The summed E-state index contributed by atoms with van der Waals surface area (Å²) in [6.45, 7) is 5.06. The molecule has 1 amide bonds. The second-order valence-corrected chi connectivity index (χ2v) is 10.1. The van der Waals surface area contributed by atoms with Crippen LogP contribution in [-0.4, -0.2) is 34.9 Å². The molecule has 6 heteroatoms. The lowest BCUT2D eigenvalue weighted by Crippen LogP contribution is -2.35. The third kappa shape index (κ3) is 5.66. The molecular formula is C32H33N5O. The monoisotopic (exact) mass is 503 g/mol. The van der Waals surface area contributed by atoms with E-state index in [1.54, 1.807) is 0 Å². The van der Waals surface area contributed by atoms with Crippen molar-refractivity contribution < 1.29 is 4.79 Å². The molecule has 38 heavy (non-hydrogen) atoms. The van der Waals surface area contributed by atoms with Crippen LogP contribution in [0.25, 0.3) is 23.4 Å². The molecule has 6 nitrogen and oxygen atoms in total. The highest BCUT2D eigenvalue weighted by atomic mass is 16.1. The highest BCUT2D eigenvalue weighted by Gasteiger charge is 2.13. The Kier molecular flexibility index (Phi) is 7.33. The van der Waals surface area contributed by atoms with Gasteiger partial charge in [-0.25, -0.2) is 9.97 Å². The van der Waals surface area contributed by atoms with Crippen molar-refractivity contribution in [1.29, 1.82) is 0 Å². The average Bonchev–Trinajstić information content (AvgIpc) is 2.91. The number of rotatable bonds is 7. The molecule has 0 bridgehead atoms. The molecule has 5 rings (SSSR count). The number of nitrogens with zero attached hydrogens (tertiary/aromatic N) is 3. The largest absolute Gasteiger partial charge is 0.324 e. The summed E-state index contributed by atoms with van der Waals surface area (Å²) < 4.78 is 0. The average molecular weight is 504 g/mol. The number of carbonyl (C=O) groups excluding carboxylic acids is 1. The fourth-order valence-corrected chi connectivity index (χ4v) is 4.69. The third-order valence-corrected chi connectivity index (χ3v) is 6.74. The van der Waals surface area contributed by atoms with E-state index in [-0.39, 0.29) is 5.91 Å². The summed E-state index contributed by atoms with van der Waals surface area (Å²) in [5, 5.41) is 8.43. The van der Waals surface area contributed by atoms with Crippen molar-refractivity contribution in [2.75, 3.05) is 24.7 Å². The van der Waals surface area contributed by atoms with Gasteiger partial charge >= 0.3 is 0 Å². The summed E-state index contributed by atoms with van der Waals surface area (Å²) in [6.07, 6.45) is 5.42. The molecule has 1 aromatic heterocycles. The van der Waals surface area contributed by atoms with E-state index >= 15 is 0 Å². The zero-order valence-electron chi connectivity index (χ0n) is 22.3. The second-order valence-electron chi connectivity index (χ2n) is 10.1. The molecule has 0 spiro atoms. The maximum atomic E-state index is 13.0. The lowest BCUT2D eigenvalue weighted by atomic mass is 9.99. The van der Waals surface area contributed by atoms with Gasteiger partial charge in [0.05, 0.1) is 11.0 Å². The first kappa shape index (κ1) is 25.4. The van der Waals surface area contributed by atoms with E-state index in [1.807, 2.05) is 75.6 Å². The fourth-order valence-electron chi connectivity index (χ4n) is 4.69. The summed E-state index contributed by atoms with van der Waals surface area (Å²) in [5.74, 6) is 0.822. The molecule has 192 valence electrons. The molecule has 1 unspecified atom stereocenters. The maximum absolute atomic E-state index is 13.0. The molecule has 0 saturated heterocycles. The van der Waals surface area contributed by atoms with Crippen molar-refractivity contribution in [3.05, 3.63) is 100 Å². The van der Waals surface area contributed by atoms with Crippen molar-refractivity contribution >= 4 is 35.4 Å². The van der Waals surface area contributed by atoms with Crippen LogP contribution in [0.1, 0.15) is 34.8 Å². The van der Waals surface area contributed by atoms with Crippen molar-refractivity contribution in [2.24, 2.45) is 5.92 Å². The Morgan fingerprint density at radius 1 is 0.974 bits per heavy atom. The first-order chi connectivity index (χ1) is 18.4. The van der Waals surface area contributed by atoms with Crippen molar-refractivity contribution in [2.45, 2.75) is 26.8 Å². The second kappa shape index (κ2) is 11.0. The molecule has 4 aromatic rings. The minimum absolute atomic E-state index is 0.142. The van der Waals surface area contributed by atoms with Gasteiger partial charge in [0.2, 0.25) is 5.95 Å². The third-order valence-electron chi connectivity index (χ3n) is 6.74. The van der Waals surface area contributed by atoms with Crippen molar-refractivity contribution in [3.63, 3.8) is 0 Å². The van der Waals surface area contributed by atoms with Gasteiger partial charge in [-0.15, -0.1) is 0 Å². The van der Waals surface area contributed by atoms with Gasteiger partial charge in [0, 0.05) is 34.3 Å². The Hall–Kier alpha value is -4.29. The van der Waals surface area contributed by atoms with E-state index in [4.69, 9.17) is 9.97 Å². The van der Waals surface area contributed by atoms with Crippen molar-refractivity contribution in [1.82, 2.24) is 14.9 Å². The number of carbonyl (C=O) groups is 1. The van der Waals surface area contributed by atoms with Crippen LogP contribution in [0, 0.1) is 12.8 Å². The SMILES string of the molecule is Cc1c(CN(C)C)cccc1NC(=O)c1ccc(Nc2nc(-c3ccccc3)c3c(n2)=CC(C)CC=3)cc1. The summed E-state index contributed by atoms with van der Waals surface area (Å²) >= 11 is 0. The van der Waals surface area contributed by atoms with Gasteiger partial charge in [-0.05, 0) is 74.8 Å². The first-order valence-electron chi connectivity index (χ1n) is 12.9. The number of aromatic nitrogens is 2. The number of benzene rings is 3. The van der Waals surface area contributed by atoms with Crippen LogP contribution in [0.3, 0.4) is 0 Å². The van der Waals surface area contributed by atoms with Gasteiger partial charge in [-0.3, -0.25) is 4.79 Å². The standard InChI is InChI=1S/C32H33N5O/c1-21-13-18-27-29(19-21)35-32(36-30(27)23-9-6-5-7-10-23)33-26-16-14-24(15-17-26)31(38)34-28-12-8-11-25(22(28)2)20-37(3)4/h5-12,14-19,21H,13,20H2,1-4H3,(H,33,35)(H,34,38). The Labute approximate surface area is 223 Å². The van der Waals surface area contributed by atoms with Crippen LogP contribution >= 0.6 is 0 Å². The number of hydrogen-bond acceptors (Lipinski definition) is 5. The molecule has 1 aliphatic carbocycles. The number of nitrogens with one attached hydrogen (secondary N) is 2. The van der Waals surface area contributed by atoms with Gasteiger partial charge in [0.15, 0.2) is 0 Å². The summed E-state index contributed by atoms with van der Waals surface area (Å²) in [5.41, 5.74) is 6.48. The van der Waals surface area contributed by atoms with Gasteiger partial charge in [-0.2, -0.15) is 0 Å². The Morgan fingerprint density at radius 3 is 2.47 bits per heavy atom. The van der Waals surface area contributed by atoms with Crippen LogP contribution in [-0.2, 0) is 6.54 Å².